The molecule has 1 unspecified atom stereocenters. The lowest BCUT2D eigenvalue weighted by molar-refractivity contribution is 0.379. The van der Waals surface area contributed by atoms with E-state index in [-0.39, 0.29) is 6.04 Å². The van der Waals surface area contributed by atoms with Gasteiger partial charge in [-0.1, -0.05) is 13.0 Å². The van der Waals surface area contributed by atoms with Crippen LogP contribution in [0.5, 0.6) is 0 Å². The van der Waals surface area contributed by atoms with Crippen LogP contribution in [0.3, 0.4) is 0 Å². The van der Waals surface area contributed by atoms with E-state index in [0.29, 0.717) is 17.3 Å². The molecular formula is C14H20ClNO2S. The molecule has 0 N–H and O–H groups in total. The molecule has 0 aliphatic carbocycles. The van der Waals surface area contributed by atoms with Crippen LogP contribution in [0.15, 0.2) is 23.1 Å². The number of nitrogens with zero attached hydrogens (tertiary/aromatic N) is 1. The highest BCUT2D eigenvalue weighted by molar-refractivity contribution is 7.89. The minimum atomic E-state index is -3.37. The maximum absolute atomic E-state index is 12.7. The van der Waals surface area contributed by atoms with Gasteiger partial charge in [0, 0.05) is 18.5 Å². The zero-order valence-electron chi connectivity index (χ0n) is 11.4. The van der Waals surface area contributed by atoms with Crippen LogP contribution >= 0.6 is 11.6 Å². The molecule has 1 heterocycles. The summed E-state index contributed by atoms with van der Waals surface area (Å²) in [6, 6.07) is 5.38. The number of sulfonamides is 1. The van der Waals surface area contributed by atoms with Crippen molar-refractivity contribution >= 4 is 21.6 Å². The van der Waals surface area contributed by atoms with Crippen molar-refractivity contribution in [2.75, 3.05) is 6.54 Å². The molecule has 0 radical (unpaired) electrons. The first-order chi connectivity index (χ1) is 9.00. The summed E-state index contributed by atoms with van der Waals surface area (Å²) in [5.41, 5.74) is 1.91. The Hall–Kier alpha value is -0.580. The minimum Gasteiger partial charge on any atom is -0.207 e. The van der Waals surface area contributed by atoms with Gasteiger partial charge in [-0.25, -0.2) is 8.42 Å². The summed E-state index contributed by atoms with van der Waals surface area (Å²) in [7, 11) is -3.37. The highest BCUT2D eigenvalue weighted by Crippen LogP contribution is 2.28. The van der Waals surface area contributed by atoms with Crippen molar-refractivity contribution in [3.63, 3.8) is 0 Å². The maximum atomic E-state index is 12.7. The van der Waals surface area contributed by atoms with E-state index in [1.165, 1.54) is 0 Å². The molecule has 19 heavy (non-hydrogen) atoms. The number of alkyl halides is 1. The summed E-state index contributed by atoms with van der Waals surface area (Å²) >= 11 is 5.86. The normalized spacial score (nSPS) is 20.9. The lowest BCUT2D eigenvalue weighted by atomic mass is 10.1. The summed E-state index contributed by atoms with van der Waals surface area (Å²) in [6.07, 6.45) is 2.78. The first-order valence-electron chi connectivity index (χ1n) is 6.68. The number of aryl methyl sites for hydroxylation is 1. The molecule has 2 rings (SSSR count). The fourth-order valence-electron chi connectivity index (χ4n) is 2.62. The van der Waals surface area contributed by atoms with Crippen LogP contribution in [0.2, 0.25) is 0 Å². The van der Waals surface area contributed by atoms with E-state index < -0.39 is 10.0 Å². The number of benzene rings is 1. The predicted molar refractivity (Wildman–Crippen MR) is 77.9 cm³/mol. The molecule has 1 fully saturated rings. The van der Waals surface area contributed by atoms with Crippen LogP contribution in [0.25, 0.3) is 0 Å². The van der Waals surface area contributed by atoms with Gasteiger partial charge in [0.2, 0.25) is 10.0 Å². The Bertz CT molecular complexity index is 557. The van der Waals surface area contributed by atoms with Crippen molar-refractivity contribution in [2.45, 2.75) is 49.9 Å². The highest BCUT2D eigenvalue weighted by atomic mass is 35.5. The predicted octanol–water partition coefficient (Wildman–Crippen LogP) is 3.30. The van der Waals surface area contributed by atoms with Crippen LogP contribution in [0, 0.1) is 6.92 Å². The van der Waals surface area contributed by atoms with Gasteiger partial charge in [-0.2, -0.15) is 4.31 Å². The second kappa shape index (κ2) is 5.81. The average Bonchev–Trinajstić information content (AvgIpc) is 2.88. The molecule has 0 saturated carbocycles. The van der Waals surface area contributed by atoms with Crippen molar-refractivity contribution in [2.24, 2.45) is 0 Å². The van der Waals surface area contributed by atoms with Crippen LogP contribution in [0.1, 0.15) is 37.3 Å². The third-order valence-electron chi connectivity index (χ3n) is 3.87. The van der Waals surface area contributed by atoms with Gasteiger partial charge in [-0.3, -0.25) is 0 Å². The largest absolute Gasteiger partial charge is 0.243 e. The maximum Gasteiger partial charge on any atom is 0.243 e. The third-order valence-corrected chi connectivity index (χ3v) is 6.10. The third kappa shape index (κ3) is 2.81. The van der Waals surface area contributed by atoms with Gasteiger partial charge in [0.1, 0.15) is 0 Å². The van der Waals surface area contributed by atoms with E-state index in [1.807, 2.05) is 19.9 Å². The van der Waals surface area contributed by atoms with Gasteiger partial charge >= 0.3 is 0 Å². The highest BCUT2D eigenvalue weighted by Gasteiger charge is 2.34. The Kier molecular flexibility index (Phi) is 4.54. The van der Waals surface area contributed by atoms with Gasteiger partial charge in [0.25, 0.3) is 0 Å². The molecule has 106 valence electrons. The van der Waals surface area contributed by atoms with Gasteiger partial charge in [0.15, 0.2) is 0 Å². The Morgan fingerprint density at radius 2 is 2.16 bits per heavy atom. The number of rotatable bonds is 4. The van der Waals surface area contributed by atoms with Crippen molar-refractivity contribution in [3.05, 3.63) is 29.3 Å². The molecule has 1 saturated heterocycles. The quantitative estimate of drug-likeness (QED) is 0.800. The molecule has 5 heteroatoms. The lowest BCUT2D eigenvalue weighted by Crippen LogP contribution is -2.35. The molecule has 0 aromatic heterocycles. The molecule has 1 atom stereocenters. The van der Waals surface area contributed by atoms with E-state index >= 15 is 0 Å². The van der Waals surface area contributed by atoms with Crippen LogP contribution < -0.4 is 0 Å². The SMILES string of the molecule is CCC1CCCN1S(=O)(=O)c1ccc(C)c(CCl)c1. The summed E-state index contributed by atoms with van der Waals surface area (Å²) < 4.78 is 27.0. The van der Waals surface area contributed by atoms with Gasteiger partial charge in [-0.05, 0) is 49.4 Å². The Morgan fingerprint density at radius 3 is 2.79 bits per heavy atom. The second-order valence-electron chi connectivity index (χ2n) is 5.04. The molecule has 1 aromatic carbocycles. The second-order valence-corrected chi connectivity index (χ2v) is 7.20. The van der Waals surface area contributed by atoms with E-state index in [0.717, 1.165) is 30.4 Å². The molecule has 1 aliphatic rings. The van der Waals surface area contributed by atoms with E-state index in [1.54, 1.807) is 16.4 Å². The minimum absolute atomic E-state index is 0.144. The average molecular weight is 302 g/mol. The summed E-state index contributed by atoms with van der Waals surface area (Å²) in [5.74, 6) is 0.340. The topological polar surface area (TPSA) is 37.4 Å². The van der Waals surface area contributed by atoms with Crippen LogP contribution in [-0.4, -0.2) is 25.3 Å². The van der Waals surface area contributed by atoms with Crippen molar-refractivity contribution in [1.29, 1.82) is 0 Å². The molecule has 1 aliphatic heterocycles. The van der Waals surface area contributed by atoms with Gasteiger partial charge in [-0.15, -0.1) is 11.6 Å². The van der Waals surface area contributed by atoms with Crippen molar-refractivity contribution in [3.8, 4) is 0 Å². The molecule has 3 nitrogen and oxygen atoms in total. The molecule has 0 amide bonds. The number of hydrogen-bond donors (Lipinski definition) is 0. The van der Waals surface area contributed by atoms with Crippen LogP contribution in [0.4, 0.5) is 0 Å². The van der Waals surface area contributed by atoms with E-state index in [9.17, 15) is 8.42 Å². The molecular weight excluding hydrogens is 282 g/mol. The van der Waals surface area contributed by atoms with Gasteiger partial charge in [0.05, 0.1) is 4.90 Å². The molecule has 0 spiro atoms. The lowest BCUT2D eigenvalue weighted by Gasteiger charge is -2.23. The fraction of sp³-hybridized carbons (Fsp3) is 0.571. The van der Waals surface area contributed by atoms with Crippen LogP contribution in [-0.2, 0) is 15.9 Å². The van der Waals surface area contributed by atoms with Crippen molar-refractivity contribution in [1.82, 2.24) is 4.31 Å². The zero-order valence-corrected chi connectivity index (χ0v) is 13.0. The monoisotopic (exact) mass is 301 g/mol. The van der Waals surface area contributed by atoms with E-state index in [2.05, 4.69) is 0 Å². The van der Waals surface area contributed by atoms with Gasteiger partial charge < -0.3 is 0 Å². The Morgan fingerprint density at radius 1 is 1.42 bits per heavy atom. The molecule has 0 bridgehead atoms. The number of hydrogen-bond acceptors (Lipinski definition) is 2. The zero-order chi connectivity index (χ0) is 14.0. The molecule has 1 aromatic rings. The first-order valence-corrected chi connectivity index (χ1v) is 8.65. The van der Waals surface area contributed by atoms with Crippen molar-refractivity contribution < 1.29 is 8.42 Å². The summed E-state index contributed by atoms with van der Waals surface area (Å²) in [4.78, 5) is 0.370. The number of halogens is 1. The standard InChI is InChI=1S/C14H20ClNO2S/c1-3-13-5-4-8-16(13)19(17,18)14-7-6-11(2)12(9-14)10-15/h6-7,9,13H,3-5,8,10H2,1-2H3. The summed E-state index contributed by atoms with van der Waals surface area (Å²) in [6.45, 7) is 4.61. The Balaban J connectivity index is 2.39. The smallest absolute Gasteiger partial charge is 0.207 e. The fourth-order valence-corrected chi connectivity index (χ4v) is 4.73. The van der Waals surface area contributed by atoms with E-state index in [4.69, 9.17) is 11.6 Å². The Labute approximate surface area is 120 Å². The first kappa shape index (κ1) is 14.8. The summed E-state index contributed by atoms with van der Waals surface area (Å²) in [5, 5.41) is 0.